The van der Waals surface area contributed by atoms with E-state index >= 15 is 0 Å². The van der Waals surface area contributed by atoms with E-state index in [0.29, 0.717) is 30.4 Å². The molecule has 0 aromatic heterocycles. The molecule has 4 rings (SSSR count). The van der Waals surface area contributed by atoms with Gasteiger partial charge in [-0.05, 0) is 24.6 Å². The molecule has 39 heavy (non-hydrogen) atoms. The van der Waals surface area contributed by atoms with Crippen LogP contribution in [0.25, 0.3) is 0 Å². The second-order valence-corrected chi connectivity index (χ2v) is 11.5. The topological polar surface area (TPSA) is 86.3 Å². The summed E-state index contributed by atoms with van der Waals surface area (Å²) < 4.78 is 48.6. The van der Waals surface area contributed by atoms with Crippen LogP contribution < -0.4 is 36.6 Å². The number of alkyl halides is 3. The first kappa shape index (κ1) is 28.5. The van der Waals surface area contributed by atoms with E-state index in [1.54, 1.807) is 37.4 Å². The van der Waals surface area contributed by atoms with Crippen molar-refractivity contribution in [1.29, 1.82) is 0 Å². The van der Waals surface area contributed by atoms with Crippen molar-refractivity contribution in [3.8, 4) is 5.75 Å². The molecule has 0 radical (unpaired) electrons. The first-order valence-corrected chi connectivity index (χ1v) is 14.5. The number of benzene rings is 2. The molecular weight excluding hydrogens is 626 g/mol. The van der Waals surface area contributed by atoms with Gasteiger partial charge in [0.2, 0.25) is 0 Å². The van der Waals surface area contributed by atoms with Crippen LogP contribution in [0.3, 0.4) is 0 Å². The maximum absolute atomic E-state index is 13.1. The number of hydrogen-bond donors (Lipinski definition) is 2. The molecular formula is C27H28F3IN5O3-. The summed E-state index contributed by atoms with van der Waals surface area (Å²) in [6.45, 7) is 7.14. The van der Waals surface area contributed by atoms with Gasteiger partial charge < -0.3 is 0 Å². The van der Waals surface area contributed by atoms with Crippen LogP contribution in [0.4, 0.5) is 29.3 Å². The molecule has 2 aliphatic heterocycles. The number of anilines is 2. The van der Waals surface area contributed by atoms with E-state index < -0.39 is 39.0 Å². The predicted molar refractivity (Wildman–Crippen MR) is 139 cm³/mol. The maximum atomic E-state index is 13.1. The van der Waals surface area contributed by atoms with Crippen molar-refractivity contribution in [3.63, 3.8) is 0 Å². The van der Waals surface area contributed by atoms with Gasteiger partial charge in [-0.15, -0.1) is 0 Å². The fourth-order valence-corrected chi connectivity index (χ4v) is 6.36. The Hall–Kier alpha value is -3.55. The summed E-state index contributed by atoms with van der Waals surface area (Å²) >= 11 is -0.421. The molecule has 208 valence electrons. The van der Waals surface area contributed by atoms with E-state index in [9.17, 15) is 22.8 Å². The Morgan fingerprint density at radius 3 is 2.44 bits per heavy atom. The number of halogens is 4. The van der Waals surface area contributed by atoms with Gasteiger partial charge in [0, 0.05) is 0 Å². The van der Waals surface area contributed by atoms with Crippen molar-refractivity contribution >= 4 is 29.2 Å². The van der Waals surface area contributed by atoms with E-state index in [2.05, 4.69) is 31.5 Å². The van der Waals surface area contributed by atoms with Crippen LogP contribution in [-0.2, 0) is 11.0 Å². The fourth-order valence-electron chi connectivity index (χ4n) is 4.15. The van der Waals surface area contributed by atoms with Crippen molar-refractivity contribution in [1.82, 2.24) is 9.80 Å². The summed E-state index contributed by atoms with van der Waals surface area (Å²) in [6.07, 6.45) is -0.840. The number of rotatable bonds is 4. The van der Waals surface area contributed by atoms with Crippen LogP contribution in [0.1, 0.15) is 25.0 Å². The standard InChI is InChI=1S/C27H28F3IN5O3/c1-17-4-5-21(14-23(17)27(28,29)30)34-26(38)33-20-6-8-22(9-7-20)39-25-15-24(31-10-11-32-25)36-13-12-35(19(3)37)16-18(36)2/h4-11,14-15,18H,12-13,16H2,1-3H3,(H2,33,34,38)/q-1/t18-/m1/s1. The molecule has 2 aromatic carbocycles. The van der Waals surface area contributed by atoms with E-state index in [4.69, 9.17) is 4.74 Å². The van der Waals surface area contributed by atoms with Crippen LogP contribution >= 0.6 is 0 Å². The molecule has 2 heterocycles. The average Bonchev–Trinajstić information content (AvgIpc) is 3.11. The minimum absolute atomic E-state index is 0.0345. The molecule has 0 unspecified atom stereocenters. The number of nitrogens with one attached hydrogen (secondary N) is 2. The Bertz CT molecular complexity index is 1320. The third kappa shape index (κ3) is 7.52. The Balaban J connectivity index is 1.37. The zero-order chi connectivity index (χ0) is 28.2. The second-order valence-electron chi connectivity index (χ2n) is 9.06. The Morgan fingerprint density at radius 1 is 1.08 bits per heavy atom. The summed E-state index contributed by atoms with van der Waals surface area (Å²) in [5, 5.41) is 5.03. The average molecular weight is 654 g/mol. The number of carbonyl (C=O) groups is 2. The number of nitrogens with zero attached hydrogens (tertiary/aromatic N) is 3. The molecule has 0 saturated carbocycles. The normalized spacial score (nSPS) is 17.8. The van der Waals surface area contributed by atoms with E-state index in [1.807, 2.05) is 11.0 Å². The SMILES string of the molecule is CC(=O)N1CCN(C2=CC(Oc3ccc(NC(=O)Nc4ccc(C)c(C(F)(F)F)c4)cc3)=NC=C[I-]2)[C@H](C)C1. The molecule has 2 N–H and O–H groups in total. The quantitative estimate of drug-likeness (QED) is 0.392. The molecule has 0 bridgehead atoms. The van der Waals surface area contributed by atoms with Gasteiger partial charge in [-0.1, -0.05) is 6.07 Å². The summed E-state index contributed by atoms with van der Waals surface area (Å²) in [7, 11) is 0. The van der Waals surface area contributed by atoms with E-state index in [1.165, 1.54) is 19.1 Å². The van der Waals surface area contributed by atoms with Gasteiger partial charge in [-0.2, -0.15) is 13.2 Å². The molecule has 2 aromatic rings. The number of ether oxygens (including phenoxy) is 1. The number of aryl methyl sites for hydroxylation is 1. The summed E-state index contributed by atoms with van der Waals surface area (Å²) in [6, 6.07) is 9.71. The van der Waals surface area contributed by atoms with Crippen molar-refractivity contribution < 1.29 is 48.7 Å². The number of urea groups is 1. The van der Waals surface area contributed by atoms with E-state index in [0.717, 1.165) is 16.3 Å². The molecule has 1 atom stereocenters. The Morgan fingerprint density at radius 2 is 1.77 bits per heavy atom. The number of hydrogen-bond acceptors (Lipinski definition) is 5. The molecule has 0 spiro atoms. The van der Waals surface area contributed by atoms with Gasteiger partial charge in [0.1, 0.15) is 0 Å². The molecule has 1 fully saturated rings. The van der Waals surface area contributed by atoms with Gasteiger partial charge in [-0.25, -0.2) is 0 Å². The monoisotopic (exact) mass is 654 g/mol. The molecule has 8 nitrogen and oxygen atoms in total. The van der Waals surface area contributed by atoms with E-state index in [-0.39, 0.29) is 23.2 Å². The Labute approximate surface area is 234 Å². The second kappa shape index (κ2) is 12.1. The summed E-state index contributed by atoms with van der Waals surface area (Å²) in [4.78, 5) is 32.6. The number of piperazine rings is 1. The number of aliphatic imine (C=N–C) groups is 1. The summed E-state index contributed by atoms with van der Waals surface area (Å²) in [5.74, 6) is 1.02. The number of amides is 3. The molecule has 12 heteroatoms. The predicted octanol–water partition coefficient (Wildman–Crippen LogP) is 2.40. The van der Waals surface area contributed by atoms with Crippen molar-refractivity contribution in [3.05, 3.63) is 73.7 Å². The third-order valence-corrected chi connectivity index (χ3v) is 8.41. The van der Waals surface area contributed by atoms with Gasteiger partial charge in [0.15, 0.2) is 0 Å². The summed E-state index contributed by atoms with van der Waals surface area (Å²) in [5.41, 5.74) is -0.255. The first-order chi connectivity index (χ1) is 18.5. The van der Waals surface area contributed by atoms with Crippen LogP contribution in [0.2, 0.25) is 0 Å². The fraction of sp³-hybridized carbons (Fsp3) is 0.296. The molecule has 3 amide bonds. The van der Waals surface area contributed by atoms with Crippen molar-refractivity contribution in [2.45, 2.75) is 33.0 Å². The van der Waals surface area contributed by atoms with Gasteiger partial charge in [0.25, 0.3) is 0 Å². The van der Waals surface area contributed by atoms with Crippen LogP contribution in [0.5, 0.6) is 5.75 Å². The van der Waals surface area contributed by atoms with Gasteiger partial charge in [0.05, 0.1) is 5.56 Å². The van der Waals surface area contributed by atoms with Crippen molar-refractivity contribution in [2.75, 3.05) is 30.3 Å². The zero-order valence-electron chi connectivity index (χ0n) is 21.6. The van der Waals surface area contributed by atoms with Crippen LogP contribution in [0, 0.1) is 6.92 Å². The van der Waals surface area contributed by atoms with Crippen LogP contribution in [-0.4, -0.2) is 53.3 Å². The Kier molecular flexibility index (Phi) is 8.83. The molecule has 0 aliphatic carbocycles. The first-order valence-electron chi connectivity index (χ1n) is 12.1. The number of carbonyl (C=O) groups excluding carboxylic acids is 2. The van der Waals surface area contributed by atoms with Gasteiger partial charge >= 0.3 is 186 Å². The zero-order valence-corrected chi connectivity index (χ0v) is 23.7. The molecule has 2 aliphatic rings. The molecule has 1 saturated heterocycles. The minimum atomic E-state index is -4.51. The van der Waals surface area contributed by atoms with Gasteiger partial charge in [-0.3, -0.25) is 0 Å². The van der Waals surface area contributed by atoms with Crippen LogP contribution in [0.15, 0.2) is 67.5 Å². The van der Waals surface area contributed by atoms with Crippen molar-refractivity contribution in [2.24, 2.45) is 4.99 Å². The third-order valence-electron chi connectivity index (χ3n) is 6.16.